The summed E-state index contributed by atoms with van der Waals surface area (Å²) in [5.41, 5.74) is 9.65. The van der Waals surface area contributed by atoms with E-state index in [4.69, 9.17) is 9.98 Å². The zero-order valence-corrected chi connectivity index (χ0v) is 30.3. The van der Waals surface area contributed by atoms with E-state index < -0.39 is 0 Å². The van der Waals surface area contributed by atoms with Gasteiger partial charge in [-0.25, -0.2) is 0 Å². The van der Waals surface area contributed by atoms with Crippen molar-refractivity contribution >= 4 is 23.8 Å². The summed E-state index contributed by atoms with van der Waals surface area (Å²) in [4.78, 5) is 15.0. The molecule has 0 fully saturated rings. The molecule has 6 nitrogen and oxygen atoms in total. The van der Waals surface area contributed by atoms with Crippen LogP contribution in [0.5, 0.6) is 11.5 Å². The van der Waals surface area contributed by atoms with Gasteiger partial charge in [-0.2, -0.15) is 0 Å². The van der Waals surface area contributed by atoms with Crippen LogP contribution in [0.4, 0.5) is 11.4 Å². The molecule has 0 amide bonds. The van der Waals surface area contributed by atoms with Gasteiger partial charge in [0.1, 0.15) is 11.5 Å². The SMILES string of the molecule is CC1(C)CCN2CCC(C)(C)c3c(O)c(C=NCC(N=Cc4cc5c6c(c4O)C(C)(C)CCN6CCC5(C)C)c4ccccc4)cc1c32. The fourth-order valence-electron chi connectivity index (χ4n) is 8.72. The summed E-state index contributed by atoms with van der Waals surface area (Å²) in [7, 11) is 0. The average Bonchev–Trinajstić information content (AvgIpc) is 3.02. The maximum Gasteiger partial charge on any atom is 0.130 e. The quantitative estimate of drug-likeness (QED) is 0.263. The first-order valence-electron chi connectivity index (χ1n) is 18.0. The third-order valence-electron chi connectivity index (χ3n) is 12.2. The molecule has 0 aromatic heterocycles. The average molecular weight is 647 g/mol. The molecule has 254 valence electrons. The van der Waals surface area contributed by atoms with Crippen molar-refractivity contribution in [1.29, 1.82) is 0 Å². The van der Waals surface area contributed by atoms with Gasteiger partial charge in [-0.1, -0.05) is 85.7 Å². The molecule has 4 aliphatic rings. The van der Waals surface area contributed by atoms with Gasteiger partial charge in [0.05, 0.1) is 12.6 Å². The van der Waals surface area contributed by atoms with Crippen LogP contribution in [0.2, 0.25) is 0 Å². The maximum absolute atomic E-state index is 11.8. The molecule has 0 aliphatic carbocycles. The molecule has 3 aromatic rings. The van der Waals surface area contributed by atoms with Crippen molar-refractivity contribution < 1.29 is 10.2 Å². The van der Waals surface area contributed by atoms with E-state index in [1.54, 1.807) is 0 Å². The largest absolute Gasteiger partial charge is 0.507 e. The molecule has 3 aromatic carbocycles. The van der Waals surface area contributed by atoms with E-state index in [0.29, 0.717) is 18.0 Å². The number of benzene rings is 3. The fraction of sp³-hybridized carbons (Fsp3) is 0.524. The summed E-state index contributed by atoms with van der Waals surface area (Å²) in [6, 6.07) is 14.4. The number of nitrogens with zero attached hydrogens (tertiary/aromatic N) is 4. The fourth-order valence-corrected chi connectivity index (χ4v) is 8.72. The Morgan fingerprint density at radius 2 is 1.08 bits per heavy atom. The van der Waals surface area contributed by atoms with Gasteiger partial charge >= 0.3 is 0 Å². The van der Waals surface area contributed by atoms with Gasteiger partial charge in [0, 0.05) is 72.2 Å². The van der Waals surface area contributed by atoms with Crippen molar-refractivity contribution in [3.05, 3.63) is 81.4 Å². The lowest BCUT2D eigenvalue weighted by Gasteiger charge is -2.48. The predicted molar refractivity (Wildman–Crippen MR) is 200 cm³/mol. The number of hydrogen-bond acceptors (Lipinski definition) is 6. The molecule has 1 unspecified atom stereocenters. The highest BCUT2D eigenvalue weighted by molar-refractivity contribution is 5.90. The van der Waals surface area contributed by atoms with Crippen LogP contribution in [0.1, 0.15) is 126 Å². The van der Waals surface area contributed by atoms with Crippen LogP contribution in [0.15, 0.2) is 52.4 Å². The molecule has 7 rings (SSSR count). The highest BCUT2D eigenvalue weighted by atomic mass is 16.3. The van der Waals surface area contributed by atoms with E-state index in [1.807, 2.05) is 30.6 Å². The van der Waals surface area contributed by atoms with Gasteiger partial charge in [-0.3, -0.25) is 9.98 Å². The van der Waals surface area contributed by atoms with Gasteiger partial charge in [-0.05, 0) is 76.2 Å². The molecule has 0 bridgehead atoms. The lowest BCUT2D eigenvalue weighted by Crippen LogP contribution is -2.44. The van der Waals surface area contributed by atoms with Crippen LogP contribution in [0.3, 0.4) is 0 Å². The second-order valence-corrected chi connectivity index (χ2v) is 17.4. The van der Waals surface area contributed by atoms with E-state index in [-0.39, 0.29) is 27.7 Å². The van der Waals surface area contributed by atoms with Crippen LogP contribution < -0.4 is 9.80 Å². The lowest BCUT2D eigenvalue weighted by atomic mass is 9.69. The molecule has 4 aliphatic heterocycles. The van der Waals surface area contributed by atoms with E-state index in [0.717, 1.165) is 79.7 Å². The number of aliphatic imine (C=N–C) groups is 2. The molecular weight excluding hydrogens is 592 g/mol. The molecule has 2 N–H and O–H groups in total. The number of aromatic hydroxyl groups is 2. The Hall–Kier alpha value is -3.80. The molecule has 0 radical (unpaired) electrons. The zero-order valence-electron chi connectivity index (χ0n) is 30.3. The van der Waals surface area contributed by atoms with Crippen molar-refractivity contribution in [3.8, 4) is 11.5 Å². The Morgan fingerprint density at radius 3 is 1.56 bits per heavy atom. The Labute approximate surface area is 287 Å². The van der Waals surface area contributed by atoms with Crippen molar-refractivity contribution in [2.24, 2.45) is 9.98 Å². The molecule has 6 heteroatoms. The third kappa shape index (κ3) is 5.40. The summed E-state index contributed by atoms with van der Waals surface area (Å²) in [6.07, 6.45) is 7.94. The minimum Gasteiger partial charge on any atom is -0.507 e. The minimum absolute atomic E-state index is 0.0176. The smallest absolute Gasteiger partial charge is 0.130 e. The molecule has 4 heterocycles. The maximum atomic E-state index is 11.8. The van der Waals surface area contributed by atoms with Crippen LogP contribution in [0.25, 0.3) is 0 Å². The second-order valence-electron chi connectivity index (χ2n) is 17.4. The Morgan fingerprint density at radius 1 is 0.646 bits per heavy atom. The van der Waals surface area contributed by atoms with Gasteiger partial charge in [0.2, 0.25) is 0 Å². The zero-order chi connectivity index (χ0) is 34.2. The Kier molecular flexibility index (Phi) is 7.76. The summed E-state index contributed by atoms with van der Waals surface area (Å²) in [5.74, 6) is 0.712. The monoisotopic (exact) mass is 646 g/mol. The highest BCUT2D eigenvalue weighted by Crippen LogP contribution is 2.54. The van der Waals surface area contributed by atoms with Gasteiger partial charge in [0.15, 0.2) is 0 Å². The summed E-state index contributed by atoms with van der Waals surface area (Å²) >= 11 is 0. The lowest BCUT2D eigenvalue weighted by molar-refractivity contribution is 0.377. The second kappa shape index (κ2) is 11.4. The summed E-state index contributed by atoms with van der Waals surface area (Å²) in [6.45, 7) is 22.9. The number of rotatable bonds is 6. The van der Waals surface area contributed by atoms with Crippen molar-refractivity contribution in [2.75, 3.05) is 42.5 Å². The number of anilines is 2. The molecule has 0 saturated heterocycles. The summed E-state index contributed by atoms with van der Waals surface area (Å²) in [5, 5.41) is 23.6. The van der Waals surface area contributed by atoms with E-state index in [2.05, 4.69) is 89.5 Å². The van der Waals surface area contributed by atoms with Crippen molar-refractivity contribution in [1.82, 2.24) is 0 Å². The first kappa shape index (κ1) is 32.7. The van der Waals surface area contributed by atoms with Crippen LogP contribution >= 0.6 is 0 Å². The highest BCUT2D eigenvalue weighted by Gasteiger charge is 2.43. The first-order chi connectivity index (χ1) is 22.6. The molecule has 48 heavy (non-hydrogen) atoms. The molecule has 0 spiro atoms. The topological polar surface area (TPSA) is 71.7 Å². The third-order valence-corrected chi connectivity index (χ3v) is 12.2. The van der Waals surface area contributed by atoms with Gasteiger partial charge < -0.3 is 20.0 Å². The van der Waals surface area contributed by atoms with Crippen LogP contribution in [-0.4, -0.2) is 55.4 Å². The Bertz CT molecular complexity index is 1800. The first-order valence-corrected chi connectivity index (χ1v) is 18.0. The number of phenolic OH excluding ortho intramolecular Hbond substituents is 2. The minimum atomic E-state index is -0.242. The molecular formula is C42H54N4O2. The van der Waals surface area contributed by atoms with E-state index >= 15 is 0 Å². The summed E-state index contributed by atoms with van der Waals surface area (Å²) < 4.78 is 0. The predicted octanol–water partition coefficient (Wildman–Crippen LogP) is 8.72. The van der Waals surface area contributed by atoms with E-state index in [1.165, 1.54) is 22.5 Å². The normalized spacial score (nSPS) is 22.1. The van der Waals surface area contributed by atoms with Gasteiger partial charge in [0.25, 0.3) is 0 Å². The molecule has 0 saturated carbocycles. The van der Waals surface area contributed by atoms with E-state index in [9.17, 15) is 10.2 Å². The van der Waals surface area contributed by atoms with Crippen molar-refractivity contribution in [2.45, 2.75) is 109 Å². The Balaban J connectivity index is 1.26. The number of phenols is 2. The van der Waals surface area contributed by atoms with Crippen LogP contribution in [-0.2, 0) is 21.7 Å². The van der Waals surface area contributed by atoms with Crippen molar-refractivity contribution in [3.63, 3.8) is 0 Å². The van der Waals surface area contributed by atoms with Gasteiger partial charge in [-0.15, -0.1) is 0 Å². The standard InChI is InChI=1S/C42H54N4O2/c1-39(2)14-18-45-20-16-41(5,6)33-35(45)30(39)22-28(37(33)47)24-43-26-32(27-12-10-9-11-13-27)44-25-29-23-31-36-34(38(29)48)42(7,8)17-21-46(36)19-15-40(31,3)4/h9-13,22-25,32,47-48H,14-21,26H2,1-8H3. The van der Waals surface area contributed by atoms with Crippen LogP contribution in [0, 0.1) is 0 Å². The molecule has 1 atom stereocenters. The number of hydrogen-bond donors (Lipinski definition) is 2.